The summed E-state index contributed by atoms with van der Waals surface area (Å²) in [7, 11) is 0. The standard InChI is InChI=1S/C27H26F3NO3/c1-5-15-6-7-18(34-17-8-9-20(27(28,29)30)16(12-17)14-31)13-19(15)22-23(32)21-10-11-26(4,24(22)33)25(21,2)3/h6-9,12-13,21-22H,5,10-11H2,1-4H3/t21-,22?,26+/m0/s1. The fourth-order valence-corrected chi connectivity index (χ4v) is 5.67. The third-order valence-corrected chi connectivity index (χ3v) is 8.12. The van der Waals surface area contributed by atoms with Gasteiger partial charge in [-0.2, -0.15) is 18.4 Å². The number of aryl methyl sites for hydroxylation is 1. The van der Waals surface area contributed by atoms with E-state index in [-0.39, 0.29) is 23.2 Å². The molecule has 34 heavy (non-hydrogen) atoms. The number of rotatable bonds is 4. The Labute approximate surface area is 196 Å². The molecule has 2 aliphatic rings. The summed E-state index contributed by atoms with van der Waals surface area (Å²) in [5.41, 5.74) is -1.14. The number of nitrogens with zero attached hydrogens (tertiary/aromatic N) is 1. The summed E-state index contributed by atoms with van der Waals surface area (Å²) in [5, 5.41) is 9.15. The summed E-state index contributed by atoms with van der Waals surface area (Å²) in [6.45, 7) is 7.88. The van der Waals surface area contributed by atoms with Gasteiger partial charge in [-0.1, -0.05) is 33.8 Å². The van der Waals surface area contributed by atoms with Gasteiger partial charge in [0.15, 0.2) is 11.6 Å². The van der Waals surface area contributed by atoms with Gasteiger partial charge in [0.1, 0.15) is 17.4 Å². The second kappa shape index (κ2) is 7.97. The van der Waals surface area contributed by atoms with Gasteiger partial charge in [0.2, 0.25) is 0 Å². The van der Waals surface area contributed by atoms with Crippen molar-refractivity contribution in [1.29, 1.82) is 5.26 Å². The molecule has 0 N–H and O–H groups in total. The van der Waals surface area contributed by atoms with Crippen molar-refractivity contribution in [2.24, 2.45) is 16.7 Å². The molecule has 0 heterocycles. The van der Waals surface area contributed by atoms with E-state index in [1.54, 1.807) is 24.3 Å². The van der Waals surface area contributed by atoms with Crippen molar-refractivity contribution in [1.82, 2.24) is 0 Å². The Hall–Kier alpha value is -3.14. The molecule has 178 valence electrons. The minimum atomic E-state index is -4.65. The van der Waals surface area contributed by atoms with E-state index in [2.05, 4.69) is 0 Å². The number of hydrogen-bond acceptors (Lipinski definition) is 4. The molecular weight excluding hydrogens is 443 g/mol. The largest absolute Gasteiger partial charge is 0.457 e. The average molecular weight is 470 g/mol. The molecule has 2 aromatic rings. The van der Waals surface area contributed by atoms with Crippen molar-refractivity contribution < 1.29 is 27.5 Å². The number of carbonyl (C=O) groups excluding carboxylic acids is 2. The average Bonchev–Trinajstić information content (AvgIpc) is 2.96. The van der Waals surface area contributed by atoms with Crippen molar-refractivity contribution in [2.75, 3.05) is 0 Å². The van der Waals surface area contributed by atoms with Crippen LogP contribution in [-0.4, -0.2) is 11.6 Å². The SMILES string of the molecule is CCc1ccc(Oc2ccc(C(F)(F)F)c(C#N)c2)cc1C1C(=O)[C@@H]2CC[C@](C)(C1=O)C2(C)C. The Balaban J connectivity index is 1.73. The quantitative estimate of drug-likeness (QED) is 0.473. The molecule has 2 saturated carbocycles. The molecule has 2 fully saturated rings. The maximum atomic E-state index is 13.7. The van der Waals surface area contributed by atoms with E-state index >= 15 is 0 Å². The van der Waals surface area contributed by atoms with Gasteiger partial charge in [-0.15, -0.1) is 0 Å². The first-order chi connectivity index (χ1) is 15.8. The molecule has 0 aromatic heterocycles. The lowest BCUT2D eigenvalue weighted by atomic mass is 9.54. The van der Waals surface area contributed by atoms with Gasteiger partial charge < -0.3 is 4.74 Å². The maximum Gasteiger partial charge on any atom is 0.417 e. The van der Waals surface area contributed by atoms with Crippen LogP contribution in [0, 0.1) is 28.1 Å². The number of nitriles is 1. The van der Waals surface area contributed by atoms with Crippen LogP contribution in [0.4, 0.5) is 13.2 Å². The van der Waals surface area contributed by atoms with Crippen LogP contribution in [0.5, 0.6) is 11.5 Å². The number of halogens is 3. The van der Waals surface area contributed by atoms with Crippen molar-refractivity contribution in [2.45, 2.75) is 59.1 Å². The lowest BCUT2D eigenvalue weighted by molar-refractivity contribution is -0.149. The van der Waals surface area contributed by atoms with Gasteiger partial charge >= 0.3 is 6.18 Å². The van der Waals surface area contributed by atoms with Crippen LogP contribution in [-0.2, 0) is 22.2 Å². The second-order valence-corrected chi connectivity index (χ2v) is 9.98. The maximum absolute atomic E-state index is 13.7. The lowest BCUT2D eigenvalue weighted by Crippen LogP contribution is -2.52. The summed E-state index contributed by atoms with van der Waals surface area (Å²) in [4.78, 5) is 27.2. The van der Waals surface area contributed by atoms with E-state index < -0.39 is 34.1 Å². The van der Waals surface area contributed by atoms with Crippen LogP contribution in [0.25, 0.3) is 0 Å². The Morgan fingerprint density at radius 3 is 2.35 bits per heavy atom. The highest BCUT2D eigenvalue weighted by molar-refractivity contribution is 6.14. The molecule has 3 atom stereocenters. The van der Waals surface area contributed by atoms with E-state index in [1.165, 1.54) is 0 Å². The molecule has 2 bridgehead atoms. The minimum absolute atomic E-state index is 0.0641. The van der Waals surface area contributed by atoms with Crippen LogP contribution in [0.2, 0.25) is 0 Å². The first-order valence-corrected chi connectivity index (χ1v) is 11.3. The van der Waals surface area contributed by atoms with Crippen LogP contribution in [0.3, 0.4) is 0 Å². The van der Waals surface area contributed by atoms with Crippen molar-refractivity contribution in [3.63, 3.8) is 0 Å². The Bertz CT molecular complexity index is 1220. The number of ketones is 2. The molecule has 0 spiro atoms. The van der Waals surface area contributed by atoms with Gasteiger partial charge in [-0.3, -0.25) is 9.59 Å². The fourth-order valence-electron chi connectivity index (χ4n) is 5.67. The highest BCUT2D eigenvalue weighted by atomic mass is 19.4. The Morgan fingerprint density at radius 2 is 1.74 bits per heavy atom. The third kappa shape index (κ3) is 3.51. The lowest BCUT2D eigenvalue weighted by Gasteiger charge is -2.46. The first kappa shape index (κ1) is 24.0. The third-order valence-electron chi connectivity index (χ3n) is 8.12. The number of fused-ring (bicyclic) bond motifs is 2. The molecule has 1 unspecified atom stereocenters. The molecular formula is C27H26F3NO3. The van der Waals surface area contributed by atoms with Gasteiger partial charge in [-0.25, -0.2) is 0 Å². The molecule has 4 rings (SSSR count). The molecule has 0 radical (unpaired) electrons. The molecule has 7 heteroatoms. The zero-order chi connectivity index (χ0) is 25.1. The molecule has 2 aromatic carbocycles. The zero-order valence-corrected chi connectivity index (χ0v) is 19.5. The van der Waals surface area contributed by atoms with Crippen molar-refractivity contribution >= 4 is 11.6 Å². The van der Waals surface area contributed by atoms with E-state index in [9.17, 15) is 22.8 Å². The summed E-state index contributed by atoms with van der Waals surface area (Å²) in [6, 6.07) is 9.64. The van der Waals surface area contributed by atoms with E-state index in [1.807, 2.05) is 27.7 Å². The predicted octanol–water partition coefficient (Wildman–Crippen LogP) is 6.61. The summed E-state index contributed by atoms with van der Waals surface area (Å²) in [5.74, 6) is -0.885. The van der Waals surface area contributed by atoms with Crippen LogP contribution >= 0.6 is 0 Å². The molecule has 0 amide bonds. The van der Waals surface area contributed by atoms with Crippen LogP contribution in [0.15, 0.2) is 36.4 Å². The Kier molecular flexibility index (Phi) is 5.63. The highest BCUT2D eigenvalue weighted by Gasteiger charge is 2.64. The number of benzene rings is 2. The normalized spacial score (nSPS) is 25.8. The topological polar surface area (TPSA) is 67.2 Å². The van der Waals surface area contributed by atoms with Crippen LogP contribution in [0.1, 0.15) is 68.7 Å². The van der Waals surface area contributed by atoms with Crippen molar-refractivity contribution in [3.05, 3.63) is 58.7 Å². The molecule has 0 aliphatic heterocycles. The molecule has 4 nitrogen and oxygen atoms in total. The summed E-state index contributed by atoms with van der Waals surface area (Å²) in [6.07, 6.45) is -2.68. The number of hydrogen-bond donors (Lipinski definition) is 0. The smallest absolute Gasteiger partial charge is 0.417 e. The van der Waals surface area contributed by atoms with E-state index in [0.717, 1.165) is 23.8 Å². The first-order valence-electron chi connectivity index (χ1n) is 11.3. The Morgan fingerprint density at radius 1 is 1.09 bits per heavy atom. The number of carbonyl (C=O) groups is 2. The number of ether oxygens (including phenoxy) is 1. The summed E-state index contributed by atoms with van der Waals surface area (Å²) >= 11 is 0. The van der Waals surface area contributed by atoms with E-state index in [4.69, 9.17) is 10.00 Å². The summed E-state index contributed by atoms with van der Waals surface area (Å²) < 4.78 is 45.1. The predicted molar refractivity (Wildman–Crippen MR) is 119 cm³/mol. The highest BCUT2D eigenvalue weighted by Crippen LogP contribution is 2.62. The van der Waals surface area contributed by atoms with Gasteiger partial charge in [0, 0.05) is 11.3 Å². The van der Waals surface area contributed by atoms with Gasteiger partial charge in [-0.05, 0) is 66.1 Å². The monoisotopic (exact) mass is 469 g/mol. The molecule has 2 aliphatic carbocycles. The van der Waals surface area contributed by atoms with Crippen LogP contribution < -0.4 is 4.74 Å². The molecule has 0 saturated heterocycles. The van der Waals surface area contributed by atoms with Gasteiger partial charge in [0.05, 0.1) is 17.2 Å². The van der Waals surface area contributed by atoms with Crippen molar-refractivity contribution in [3.8, 4) is 17.6 Å². The number of Topliss-reactive ketones (excluding diaryl/α,β-unsaturated/α-hetero) is 2. The van der Waals surface area contributed by atoms with Gasteiger partial charge in [0.25, 0.3) is 0 Å². The second-order valence-electron chi connectivity index (χ2n) is 9.98. The minimum Gasteiger partial charge on any atom is -0.457 e. The zero-order valence-electron chi connectivity index (χ0n) is 19.5. The number of alkyl halides is 3. The fraction of sp³-hybridized carbons (Fsp3) is 0.444. The van der Waals surface area contributed by atoms with E-state index in [0.29, 0.717) is 30.6 Å².